The van der Waals surface area contributed by atoms with E-state index in [2.05, 4.69) is 10.3 Å². The molecule has 4 heterocycles. The molecule has 0 saturated heterocycles. The third-order valence-corrected chi connectivity index (χ3v) is 5.97. The highest BCUT2D eigenvalue weighted by molar-refractivity contribution is 6.30. The van der Waals surface area contributed by atoms with E-state index in [1.165, 1.54) is 0 Å². The molecule has 0 spiro atoms. The van der Waals surface area contributed by atoms with E-state index in [4.69, 9.17) is 11.6 Å². The smallest absolute Gasteiger partial charge is 0.256 e. The lowest BCUT2D eigenvalue weighted by Gasteiger charge is -2.34. The lowest BCUT2D eigenvalue weighted by molar-refractivity contribution is 0.0723. The zero-order valence-electron chi connectivity index (χ0n) is 16.4. The van der Waals surface area contributed by atoms with Gasteiger partial charge in [0.1, 0.15) is 0 Å². The predicted octanol–water partition coefficient (Wildman–Crippen LogP) is 3.63. The van der Waals surface area contributed by atoms with Crippen LogP contribution in [0.1, 0.15) is 27.7 Å². The number of carbonyl (C=O) groups excluding carboxylic acids is 1. The average Bonchev–Trinajstić information content (AvgIpc) is 3.17. The van der Waals surface area contributed by atoms with Crippen LogP contribution in [0.25, 0.3) is 16.3 Å². The van der Waals surface area contributed by atoms with Gasteiger partial charge in [-0.3, -0.25) is 9.59 Å². The molecule has 0 aliphatic carbocycles. The van der Waals surface area contributed by atoms with Crippen LogP contribution in [0, 0.1) is 11.6 Å². The number of amides is 1. The molecule has 2 N–H and O–H groups in total. The highest BCUT2D eigenvalue weighted by Gasteiger charge is 2.31. The number of nitrogens with one attached hydrogen (secondary N) is 2. The number of halogens is 3. The molecule has 1 aliphatic heterocycles. The molecule has 6 nitrogen and oxygen atoms in total. The second-order valence-corrected chi connectivity index (χ2v) is 8.07. The molecule has 0 unspecified atom stereocenters. The van der Waals surface area contributed by atoms with Crippen LogP contribution in [-0.2, 0) is 6.54 Å². The van der Waals surface area contributed by atoms with E-state index < -0.39 is 23.2 Å². The molecule has 1 amide bonds. The zero-order valence-corrected chi connectivity index (χ0v) is 17.1. The fourth-order valence-corrected chi connectivity index (χ4v) is 4.39. The summed E-state index contributed by atoms with van der Waals surface area (Å²) in [6.07, 6.45) is 3.40. The van der Waals surface area contributed by atoms with Gasteiger partial charge in [0.2, 0.25) is 0 Å². The number of rotatable bonds is 2. The van der Waals surface area contributed by atoms with Gasteiger partial charge >= 0.3 is 0 Å². The first-order valence-corrected chi connectivity index (χ1v) is 10.00. The van der Waals surface area contributed by atoms with Crippen LogP contribution in [0.5, 0.6) is 0 Å². The summed E-state index contributed by atoms with van der Waals surface area (Å²) >= 11 is 6.03. The third kappa shape index (κ3) is 3.19. The molecule has 5 rings (SSSR count). The monoisotopic (exact) mass is 442 g/mol. The van der Waals surface area contributed by atoms with E-state index in [9.17, 15) is 18.4 Å². The SMILES string of the molecule is CN(C(=O)c1cc2ccc(Cl)cn2c1)[C@@H]1CNCc2[nH]c(=O)c3cc(F)c(F)cc3c21. The van der Waals surface area contributed by atoms with E-state index in [1.807, 2.05) is 6.07 Å². The third-order valence-electron chi connectivity index (χ3n) is 5.75. The van der Waals surface area contributed by atoms with Gasteiger partial charge in [-0.1, -0.05) is 11.6 Å². The van der Waals surface area contributed by atoms with Crippen LogP contribution < -0.4 is 10.9 Å². The minimum absolute atomic E-state index is 0.0506. The van der Waals surface area contributed by atoms with Gasteiger partial charge in [-0.15, -0.1) is 0 Å². The topological polar surface area (TPSA) is 69.6 Å². The highest BCUT2D eigenvalue weighted by atomic mass is 35.5. The van der Waals surface area contributed by atoms with Crippen molar-refractivity contribution < 1.29 is 13.6 Å². The maximum atomic E-state index is 14.1. The molecular weight excluding hydrogens is 426 g/mol. The Morgan fingerprint density at radius 2 is 1.90 bits per heavy atom. The van der Waals surface area contributed by atoms with Gasteiger partial charge in [0, 0.05) is 49.3 Å². The molecule has 1 atom stereocenters. The maximum absolute atomic E-state index is 14.1. The van der Waals surface area contributed by atoms with E-state index in [1.54, 1.807) is 40.9 Å². The van der Waals surface area contributed by atoms with Gasteiger partial charge < -0.3 is 19.6 Å². The molecule has 1 aliphatic rings. The molecule has 0 bridgehead atoms. The Labute approximate surface area is 180 Å². The standard InChI is InChI=1S/C22H17ClF2N4O2/c1-28(22(31)11-4-13-3-2-12(23)10-29(13)9-11)19-8-26-7-18-20(19)14-5-16(24)17(25)6-15(14)21(30)27-18/h2-6,9-10,19,26H,7-8H2,1H3,(H,27,30)/t19-/m1/s1. The molecule has 4 aromatic rings. The zero-order chi connectivity index (χ0) is 21.9. The maximum Gasteiger partial charge on any atom is 0.256 e. The lowest BCUT2D eigenvalue weighted by atomic mass is 9.93. The van der Waals surface area contributed by atoms with Crippen molar-refractivity contribution in [3.05, 3.63) is 86.6 Å². The Morgan fingerprint density at radius 1 is 1.16 bits per heavy atom. The van der Waals surface area contributed by atoms with E-state index >= 15 is 0 Å². The van der Waals surface area contributed by atoms with Gasteiger partial charge in [-0.2, -0.15) is 0 Å². The number of hydrogen-bond acceptors (Lipinski definition) is 3. The first-order valence-electron chi connectivity index (χ1n) is 9.62. The first kappa shape index (κ1) is 19.7. The number of carbonyl (C=O) groups is 1. The minimum Gasteiger partial charge on any atom is -0.333 e. The molecule has 158 valence electrons. The van der Waals surface area contributed by atoms with Crippen LogP contribution in [0.2, 0.25) is 5.02 Å². The molecule has 0 fully saturated rings. The average molecular weight is 443 g/mol. The Bertz CT molecular complexity index is 1430. The Kier molecular flexibility index (Phi) is 4.56. The summed E-state index contributed by atoms with van der Waals surface area (Å²) in [5.74, 6) is -2.38. The van der Waals surface area contributed by atoms with Gasteiger partial charge in [0.15, 0.2) is 11.6 Å². The van der Waals surface area contributed by atoms with Crippen molar-refractivity contribution in [1.29, 1.82) is 0 Å². The van der Waals surface area contributed by atoms with Crippen LogP contribution in [0.4, 0.5) is 8.78 Å². The molecule has 0 saturated carbocycles. The van der Waals surface area contributed by atoms with Crippen molar-refractivity contribution in [2.45, 2.75) is 12.6 Å². The fourth-order valence-electron chi connectivity index (χ4n) is 4.22. The van der Waals surface area contributed by atoms with Crippen molar-refractivity contribution in [3.8, 4) is 0 Å². The summed E-state index contributed by atoms with van der Waals surface area (Å²) in [4.78, 5) is 30.0. The number of fused-ring (bicyclic) bond motifs is 4. The Hall–Kier alpha value is -3.23. The van der Waals surface area contributed by atoms with Crippen LogP contribution >= 0.6 is 11.6 Å². The summed E-state index contributed by atoms with van der Waals surface area (Å²) in [5, 5.41) is 4.08. The highest BCUT2D eigenvalue weighted by Crippen LogP contribution is 2.32. The van der Waals surface area contributed by atoms with Crippen molar-refractivity contribution in [2.24, 2.45) is 0 Å². The summed E-state index contributed by atoms with van der Waals surface area (Å²) in [6.45, 7) is 0.751. The van der Waals surface area contributed by atoms with Crippen molar-refractivity contribution in [2.75, 3.05) is 13.6 Å². The molecule has 3 aromatic heterocycles. The number of hydrogen-bond donors (Lipinski definition) is 2. The summed E-state index contributed by atoms with van der Waals surface area (Å²) in [6, 6.07) is 6.75. The van der Waals surface area contributed by atoms with Crippen molar-refractivity contribution in [3.63, 3.8) is 0 Å². The second-order valence-electron chi connectivity index (χ2n) is 7.63. The summed E-state index contributed by atoms with van der Waals surface area (Å²) in [5.41, 5.74) is 1.93. The molecule has 0 radical (unpaired) electrons. The fraction of sp³-hybridized carbons (Fsp3) is 0.182. The van der Waals surface area contributed by atoms with Crippen LogP contribution in [0.15, 0.2) is 47.5 Å². The molecule has 9 heteroatoms. The first-order chi connectivity index (χ1) is 14.8. The van der Waals surface area contributed by atoms with E-state index in [0.29, 0.717) is 40.3 Å². The molecule has 31 heavy (non-hydrogen) atoms. The van der Waals surface area contributed by atoms with Gasteiger partial charge in [0.05, 0.1) is 22.0 Å². The molecule has 1 aromatic carbocycles. The summed E-state index contributed by atoms with van der Waals surface area (Å²) < 4.78 is 29.6. The normalized spacial score (nSPS) is 15.9. The predicted molar refractivity (Wildman–Crippen MR) is 113 cm³/mol. The number of H-pyrrole nitrogens is 1. The van der Waals surface area contributed by atoms with Crippen LogP contribution in [-0.4, -0.2) is 33.8 Å². The number of likely N-dealkylation sites (N-methyl/N-ethyl adjacent to an activating group) is 1. The van der Waals surface area contributed by atoms with Crippen LogP contribution in [0.3, 0.4) is 0 Å². The minimum atomic E-state index is -1.09. The van der Waals surface area contributed by atoms with Gasteiger partial charge in [-0.25, -0.2) is 8.78 Å². The van der Waals surface area contributed by atoms with E-state index in [0.717, 1.165) is 17.6 Å². The lowest BCUT2D eigenvalue weighted by Crippen LogP contribution is -2.42. The Balaban J connectivity index is 1.61. The van der Waals surface area contributed by atoms with Gasteiger partial charge in [-0.05, 0) is 35.7 Å². The Morgan fingerprint density at radius 3 is 2.68 bits per heavy atom. The quantitative estimate of drug-likeness (QED) is 0.498. The number of nitrogens with zero attached hydrogens (tertiary/aromatic N) is 2. The number of benzene rings is 1. The second kappa shape index (κ2) is 7.18. The van der Waals surface area contributed by atoms with Crippen molar-refractivity contribution >= 4 is 33.8 Å². The number of pyridine rings is 2. The molecular formula is C22H17ClF2N4O2. The van der Waals surface area contributed by atoms with Gasteiger partial charge in [0.25, 0.3) is 11.5 Å². The number of aromatic amines is 1. The number of aromatic nitrogens is 2. The summed E-state index contributed by atoms with van der Waals surface area (Å²) in [7, 11) is 1.65. The van der Waals surface area contributed by atoms with Crippen molar-refractivity contribution in [1.82, 2.24) is 19.6 Å². The van der Waals surface area contributed by atoms with E-state index in [-0.39, 0.29) is 11.3 Å². The largest absolute Gasteiger partial charge is 0.333 e.